The standard InChI is InChI=1S/C22H27N3O3/c1-3-11-23-21(26)25-24-20-12-15(2)17-13-16-7-10-22(8-5-4-6-9-22)28-18(16)14-19(17)27-20/h3,12-14H,1,4-11H2,2H3,(H2,23,25,26)/b24-20-. The fourth-order valence-electron chi connectivity index (χ4n) is 4.25. The molecule has 0 unspecified atom stereocenters. The van der Waals surface area contributed by atoms with E-state index in [0.717, 1.165) is 48.0 Å². The molecule has 1 aromatic heterocycles. The Bertz CT molecular complexity index is 971. The molecule has 6 heteroatoms. The third-order valence-corrected chi connectivity index (χ3v) is 5.76. The van der Waals surface area contributed by atoms with Gasteiger partial charge in [0.1, 0.15) is 16.9 Å². The lowest BCUT2D eigenvalue weighted by Gasteiger charge is -2.41. The SMILES string of the molecule is C=CCNC(=O)N/N=c1/cc(C)c2cc3c(cc2o1)OC1(CCCCC1)CC3. The molecule has 28 heavy (non-hydrogen) atoms. The van der Waals surface area contributed by atoms with Gasteiger partial charge in [-0.2, -0.15) is 0 Å². The number of ether oxygens (including phenoxy) is 1. The zero-order valence-electron chi connectivity index (χ0n) is 16.3. The molecule has 148 valence electrons. The van der Waals surface area contributed by atoms with Gasteiger partial charge in [-0.3, -0.25) is 0 Å². The average Bonchev–Trinajstić information content (AvgIpc) is 2.70. The summed E-state index contributed by atoms with van der Waals surface area (Å²) >= 11 is 0. The third kappa shape index (κ3) is 3.77. The molecular weight excluding hydrogens is 354 g/mol. The second kappa shape index (κ2) is 7.70. The number of carbonyl (C=O) groups is 1. The molecule has 1 saturated carbocycles. The van der Waals surface area contributed by atoms with E-state index in [-0.39, 0.29) is 5.60 Å². The lowest BCUT2D eigenvalue weighted by molar-refractivity contribution is 0.0109. The molecule has 1 aliphatic heterocycles. The molecule has 0 saturated heterocycles. The largest absolute Gasteiger partial charge is 0.487 e. The zero-order chi connectivity index (χ0) is 19.6. The van der Waals surface area contributed by atoms with E-state index >= 15 is 0 Å². The van der Waals surface area contributed by atoms with Gasteiger partial charge in [0.2, 0.25) is 5.55 Å². The van der Waals surface area contributed by atoms with E-state index in [1.54, 1.807) is 6.08 Å². The summed E-state index contributed by atoms with van der Waals surface area (Å²) in [6, 6.07) is 5.59. The van der Waals surface area contributed by atoms with Crippen LogP contribution in [0.3, 0.4) is 0 Å². The maximum absolute atomic E-state index is 11.7. The van der Waals surface area contributed by atoms with E-state index in [0.29, 0.717) is 12.1 Å². The summed E-state index contributed by atoms with van der Waals surface area (Å²) in [7, 11) is 0. The minimum Gasteiger partial charge on any atom is -0.487 e. The Morgan fingerprint density at radius 1 is 1.25 bits per heavy atom. The van der Waals surface area contributed by atoms with Crippen LogP contribution in [0.2, 0.25) is 0 Å². The van der Waals surface area contributed by atoms with Gasteiger partial charge in [0.05, 0.1) is 0 Å². The van der Waals surface area contributed by atoms with Crippen molar-refractivity contribution in [1.29, 1.82) is 0 Å². The van der Waals surface area contributed by atoms with Crippen molar-refractivity contribution in [3.63, 3.8) is 0 Å². The molecule has 2 amide bonds. The van der Waals surface area contributed by atoms with Crippen LogP contribution < -0.4 is 21.0 Å². The summed E-state index contributed by atoms with van der Waals surface area (Å²) in [6.07, 6.45) is 9.82. The number of nitrogens with one attached hydrogen (secondary N) is 2. The van der Waals surface area contributed by atoms with E-state index in [9.17, 15) is 4.79 Å². The van der Waals surface area contributed by atoms with E-state index in [4.69, 9.17) is 9.15 Å². The van der Waals surface area contributed by atoms with Crippen LogP contribution in [0.15, 0.2) is 40.4 Å². The number of nitrogens with zero attached hydrogens (tertiary/aromatic N) is 1. The van der Waals surface area contributed by atoms with Crippen molar-refractivity contribution in [2.45, 2.75) is 57.5 Å². The Hall–Kier alpha value is -2.76. The number of hydrogen-bond acceptors (Lipinski definition) is 4. The van der Waals surface area contributed by atoms with E-state index in [2.05, 4.69) is 28.5 Å². The van der Waals surface area contributed by atoms with E-state index < -0.39 is 6.03 Å². The molecule has 4 rings (SSSR count). The highest BCUT2D eigenvalue weighted by atomic mass is 16.5. The number of urea groups is 1. The number of amides is 2. The van der Waals surface area contributed by atoms with Crippen molar-refractivity contribution in [3.8, 4) is 5.75 Å². The van der Waals surface area contributed by atoms with Crippen LogP contribution in [0.4, 0.5) is 4.79 Å². The summed E-state index contributed by atoms with van der Waals surface area (Å²) in [5, 5.41) is 7.72. The first-order valence-electron chi connectivity index (χ1n) is 10.0. The minimum atomic E-state index is -0.402. The summed E-state index contributed by atoms with van der Waals surface area (Å²) in [4.78, 5) is 11.7. The predicted molar refractivity (Wildman–Crippen MR) is 108 cm³/mol. The van der Waals surface area contributed by atoms with Crippen molar-refractivity contribution < 1.29 is 13.9 Å². The Morgan fingerprint density at radius 2 is 2.07 bits per heavy atom. The number of aryl methyl sites for hydroxylation is 2. The maximum atomic E-state index is 11.7. The van der Waals surface area contributed by atoms with Crippen LogP contribution in [-0.4, -0.2) is 18.2 Å². The number of benzene rings is 1. The summed E-state index contributed by atoms with van der Waals surface area (Å²) in [5.41, 5.74) is 5.80. The molecule has 2 aromatic rings. The number of rotatable bonds is 3. The Labute approximate surface area is 164 Å². The van der Waals surface area contributed by atoms with Crippen molar-refractivity contribution in [2.24, 2.45) is 5.10 Å². The van der Waals surface area contributed by atoms with Crippen LogP contribution in [-0.2, 0) is 6.42 Å². The molecule has 2 N–H and O–H groups in total. The zero-order valence-corrected chi connectivity index (χ0v) is 16.3. The molecule has 0 radical (unpaired) electrons. The van der Waals surface area contributed by atoms with Gasteiger partial charge in [-0.25, -0.2) is 10.2 Å². The van der Waals surface area contributed by atoms with Gasteiger partial charge in [0, 0.05) is 24.1 Å². The molecule has 2 aliphatic rings. The molecule has 0 atom stereocenters. The topological polar surface area (TPSA) is 75.9 Å². The normalized spacial score (nSPS) is 18.4. The average molecular weight is 381 g/mol. The van der Waals surface area contributed by atoms with Crippen molar-refractivity contribution >= 4 is 17.0 Å². The summed E-state index contributed by atoms with van der Waals surface area (Å²) < 4.78 is 12.4. The van der Waals surface area contributed by atoms with Gasteiger partial charge in [-0.05, 0) is 62.6 Å². The van der Waals surface area contributed by atoms with Crippen LogP contribution in [0.5, 0.6) is 5.75 Å². The third-order valence-electron chi connectivity index (χ3n) is 5.76. The molecule has 1 aromatic carbocycles. The van der Waals surface area contributed by atoms with E-state index in [1.807, 2.05) is 19.1 Å². The van der Waals surface area contributed by atoms with Gasteiger partial charge < -0.3 is 14.5 Å². The molecule has 1 spiro atoms. The van der Waals surface area contributed by atoms with Gasteiger partial charge in [-0.1, -0.05) is 12.5 Å². The highest BCUT2D eigenvalue weighted by Crippen LogP contribution is 2.43. The Morgan fingerprint density at radius 3 is 2.86 bits per heavy atom. The first-order valence-corrected chi connectivity index (χ1v) is 10.0. The molecule has 6 nitrogen and oxygen atoms in total. The van der Waals surface area contributed by atoms with Gasteiger partial charge >= 0.3 is 6.03 Å². The second-order valence-electron chi connectivity index (χ2n) is 7.79. The van der Waals surface area contributed by atoms with E-state index in [1.165, 1.54) is 24.8 Å². The number of fused-ring (bicyclic) bond motifs is 2. The second-order valence-corrected chi connectivity index (χ2v) is 7.79. The predicted octanol–water partition coefficient (Wildman–Crippen LogP) is 4.07. The molecule has 0 bridgehead atoms. The van der Waals surface area contributed by atoms with Crippen LogP contribution in [0.1, 0.15) is 49.7 Å². The lowest BCUT2D eigenvalue weighted by Crippen LogP contribution is -2.41. The highest BCUT2D eigenvalue weighted by Gasteiger charge is 2.37. The van der Waals surface area contributed by atoms with Crippen LogP contribution in [0, 0.1) is 6.92 Å². The van der Waals surface area contributed by atoms with Crippen molar-refractivity contribution in [2.75, 3.05) is 6.54 Å². The van der Waals surface area contributed by atoms with Crippen molar-refractivity contribution in [1.82, 2.24) is 10.7 Å². The van der Waals surface area contributed by atoms with Gasteiger partial charge in [0.25, 0.3) is 0 Å². The number of hydrogen-bond donors (Lipinski definition) is 2. The summed E-state index contributed by atoms with van der Waals surface area (Å²) in [5.74, 6) is 0.928. The first-order chi connectivity index (χ1) is 13.6. The fourth-order valence-corrected chi connectivity index (χ4v) is 4.25. The minimum absolute atomic E-state index is 0.000747. The Balaban J connectivity index is 1.64. The fraction of sp³-hybridized carbons (Fsp3) is 0.455. The molecular formula is C22H27N3O3. The van der Waals surface area contributed by atoms with Crippen LogP contribution >= 0.6 is 0 Å². The maximum Gasteiger partial charge on any atom is 0.335 e. The quantitative estimate of drug-likeness (QED) is 0.622. The van der Waals surface area contributed by atoms with Crippen LogP contribution in [0.25, 0.3) is 11.0 Å². The smallest absolute Gasteiger partial charge is 0.335 e. The Kier molecular flexibility index (Phi) is 5.11. The van der Waals surface area contributed by atoms with Gasteiger partial charge in [-0.15, -0.1) is 11.7 Å². The highest BCUT2D eigenvalue weighted by molar-refractivity contribution is 5.82. The lowest BCUT2D eigenvalue weighted by atomic mass is 9.79. The monoisotopic (exact) mass is 381 g/mol. The molecule has 2 heterocycles. The van der Waals surface area contributed by atoms with Gasteiger partial charge in [0.15, 0.2) is 0 Å². The van der Waals surface area contributed by atoms with Crippen molar-refractivity contribution in [3.05, 3.63) is 47.5 Å². The molecule has 1 aliphatic carbocycles. The summed E-state index contributed by atoms with van der Waals surface area (Å²) in [6.45, 7) is 5.96. The molecule has 1 fully saturated rings. The first kappa shape index (κ1) is 18.6. The number of carbonyl (C=O) groups excluding carboxylic acids is 1.